The number of H-pyrrole nitrogens is 1. The van der Waals surface area contributed by atoms with Crippen molar-refractivity contribution in [1.82, 2.24) is 15.1 Å². The van der Waals surface area contributed by atoms with E-state index >= 15 is 0 Å². The third-order valence-corrected chi connectivity index (χ3v) is 4.10. The molecule has 2 aromatic rings. The third kappa shape index (κ3) is 3.34. The number of halogens is 3. The number of benzene rings is 1. The normalized spacial score (nSPS) is 16.4. The lowest BCUT2D eigenvalue weighted by atomic mass is 9.95. The number of aromatic nitrogens is 2. The minimum absolute atomic E-state index is 0.0734. The maximum absolute atomic E-state index is 12.4. The number of likely N-dealkylation sites (tertiary alicyclic amines) is 1. The van der Waals surface area contributed by atoms with Gasteiger partial charge in [-0.15, -0.1) is 0 Å². The van der Waals surface area contributed by atoms with Crippen molar-refractivity contribution in [2.75, 3.05) is 18.4 Å². The Balaban J connectivity index is 1.58. The predicted octanol–water partition coefficient (Wildman–Crippen LogP) is 2.30. The fourth-order valence-corrected chi connectivity index (χ4v) is 2.78. The molecule has 0 aliphatic carbocycles. The van der Waals surface area contributed by atoms with E-state index in [9.17, 15) is 22.8 Å². The van der Waals surface area contributed by atoms with Crippen LogP contribution < -0.4 is 5.32 Å². The summed E-state index contributed by atoms with van der Waals surface area (Å²) >= 11 is 0. The van der Waals surface area contributed by atoms with Crippen LogP contribution >= 0.6 is 0 Å². The van der Waals surface area contributed by atoms with Crippen LogP contribution in [0.3, 0.4) is 0 Å². The van der Waals surface area contributed by atoms with E-state index in [2.05, 4.69) is 15.5 Å². The molecule has 0 saturated carbocycles. The highest BCUT2D eigenvalue weighted by atomic mass is 19.4. The molecule has 0 bridgehead atoms. The first kappa shape index (κ1) is 16.3. The number of nitrogens with one attached hydrogen (secondary N) is 2. The van der Waals surface area contributed by atoms with Crippen LogP contribution in [-0.2, 0) is 9.59 Å². The molecule has 1 aromatic heterocycles. The van der Waals surface area contributed by atoms with Gasteiger partial charge in [-0.2, -0.15) is 18.3 Å². The molecule has 1 aliphatic heterocycles. The van der Waals surface area contributed by atoms with Gasteiger partial charge in [0.2, 0.25) is 5.91 Å². The van der Waals surface area contributed by atoms with Gasteiger partial charge in [0.15, 0.2) is 0 Å². The molecule has 1 aliphatic rings. The van der Waals surface area contributed by atoms with Gasteiger partial charge >= 0.3 is 12.1 Å². The number of piperidine rings is 1. The van der Waals surface area contributed by atoms with Gasteiger partial charge in [-0.3, -0.25) is 14.7 Å². The monoisotopic (exact) mass is 340 g/mol. The Bertz CT molecular complexity index is 763. The molecule has 3 rings (SSSR count). The summed E-state index contributed by atoms with van der Waals surface area (Å²) in [6, 6.07) is 5.28. The van der Waals surface area contributed by atoms with Crippen LogP contribution in [0.15, 0.2) is 24.4 Å². The van der Waals surface area contributed by atoms with Crippen LogP contribution in [0.5, 0.6) is 0 Å². The van der Waals surface area contributed by atoms with Crippen molar-refractivity contribution in [3.8, 4) is 0 Å². The largest absolute Gasteiger partial charge is 0.471 e. The number of carbonyl (C=O) groups excluding carboxylic acids is 2. The van der Waals surface area contributed by atoms with E-state index in [1.54, 1.807) is 24.4 Å². The zero-order chi connectivity index (χ0) is 17.3. The van der Waals surface area contributed by atoms with Gasteiger partial charge in [0.1, 0.15) is 0 Å². The molecule has 1 fully saturated rings. The zero-order valence-corrected chi connectivity index (χ0v) is 12.6. The molecule has 2 heterocycles. The topological polar surface area (TPSA) is 78.1 Å². The number of hydrogen-bond acceptors (Lipinski definition) is 3. The SMILES string of the molecule is O=C(Nc1ccc2cn[nH]c2c1)C1CCN(C(=O)C(F)(F)F)CC1. The number of aromatic amines is 1. The molecule has 1 saturated heterocycles. The quantitative estimate of drug-likeness (QED) is 0.881. The first-order valence-electron chi connectivity index (χ1n) is 7.44. The van der Waals surface area contributed by atoms with Gasteiger partial charge in [-0.25, -0.2) is 0 Å². The van der Waals surface area contributed by atoms with Crippen LogP contribution in [0, 0.1) is 5.92 Å². The number of carbonyl (C=O) groups is 2. The van der Waals surface area contributed by atoms with E-state index in [0.717, 1.165) is 15.8 Å². The number of amides is 2. The fraction of sp³-hybridized carbons (Fsp3) is 0.400. The van der Waals surface area contributed by atoms with Gasteiger partial charge in [0, 0.05) is 30.1 Å². The number of anilines is 1. The van der Waals surface area contributed by atoms with Crippen LogP contribution in [0.4, 0.5) is 18.9 Å². The molecule has 1 aromatic carbocycles. The van der Waals surface area contributed by atoms with Gasteiger partial charge in [-0.1, -0.05) is 0 Å². The second-order valence-electron chi connectivity index (χ2n) is 5.73. The Morgan fingerprint density at radius 1 is 1.25 bits per heavy atom. The smallest absolute Gasteiger partial charge is 0.335 e. The van der Waals surface area contributed by atoms with Gasteiger partial charge < -0.3 is 10.2 Å². The van der Waals surface area contributed by atoms with Crippen molar-refractivity contribution in [2.45, 2.75) is 19.0 Å². The third-order valence-electron chi connectivity index (χ3n) is 4.10. The lowest BCUT2D eigenvalue weighted by molar-refractivity contribution is -0.186. The molecule has 6 nitrogen and oxygen atoms in total. The Labute approximate surface area is 135 Å². The van der Waals surface area contributed by atoms with Gasteiger partial charge in [0.05, 0.1) is 11.7 Å². The summed E-state index contributed by atoms with van der Waals surface area (Å²) in [4.78, 5) is 24.2. The van der Waals surface area contributed by atoms with Crippen molar-refractivity contribution in [1.29, 1.82) is 0 Å². The Hall–Kier alpha value is -2.58. The van der Waals surface area contributed by atoms with Crippen LogP contribution in [0.1, 0.15) is 12.8 Å². The molecule has 24 heavy (non-hydrogen) atoms. The average molecular weight is 340 g/mol. The summed E-state index contributed by atoms with van der Waals surface area (Å²) in [5.74, 6) is -2.52. The van der Waals surface area contributed by atoms with E-state index in [1.165, 1.54) is 0 Å². The number of hydrogen-bond donors (Lipinski definition) is 2. The number of alkyl halides is 3. The fourth-order valence-electron chi connectivity index (χ4n) is 2.78. The summed E-state index contributed by atoms with van der Waals surface area (Å²) < 4.78 is 37.2. The highest BCUT2D eigenvalue weighted by Gasteiger charge is 2.43. The molecule has 0 atom stereocenters. The summed E-state index contributed by atoms with van der Waals surface area (Å²) in [6.45, 7) is -0.147. The molecule has 0 spiro atoms. The molecule has 0 radical (unpaired) electrons. The van der Waals surface area contributed by atoms with E-state index in [0.29, 0.717) is 5.69 Å². The molecule has 2 N–H and O–H groups in total. The summed E-state index contributed by atoms with van der Waals surface area (Å²) in [5, 5.41) is 10.3. The highest BCUT2D eigenvalue weighted by molar-refractivity contribution is 5.95. The number of fused-ring (bicyclic) bond motifs is 1. The van der Waals surface area contributed by atoms with Crippen LogP contribution in [0.2, 0.25) is 0 Å². The van der Waals surface area contributed by atoms with Crippen molar-refractivity contribution < 1.29 is 22.8 Å². The second kappa shape index (κ2) is 6.14. The maximum atomic E-state index is 12.4. The highest BCUT2D eigenvalue weighted by Crippen LogP contribution is 2.25. The first-order valence-corrected chi connectivity index (χ1v) is 7.44. The number of nitrogens with zero attached hydrogens (tertiary/aromatic N) is 2. The van der Waals surface area contributed by atoms with Crippen LogP contribution in [-0.4, -0.2) is 46.2 Å². The van der Waals surface area contributed by atoms with E-state index in [4.69, 9.17) is 0 Å². The van der Waals surface area contributed by atoms with E-state index in [-0.39, 0.29) is 31.8 Å². The molecular weight excluding hydrogens is 325 g/mol. The number of rotatable bonds is 2. The molecule has 9 heteroatoms. The maximum Gasteiger partial charge on any atom is 0.471 e. The predicted molar refractivity (Wildman–Crippen MR) is 80.1 cm³/mol. The van der Waals surface area contributed by atoms with Crippen LogP contribution in [0.25, 0.3) is 10.9 Å². The first-order chi connectivity index (χ1) is 11.3. The Morgan fingerprint density at radius 2 is 1.96 bits per heavy atom. The van der Waals surface area contributed by atoms with E-state index in [1.807, 2.05) is 0 Å². The van der Waals surface area contributed by atoms with Crippen molar-refractivity contribution in [3.05, 3.63) is 24.4 Å². The standard InChI is InChI=1S/C15H15F3N4O2/c16-15(17,18)14(24)22-5-3-9(4-6-22)13(23)20-11-2-1-10-8-19-21-12(10)7-11/h1-2,7-9H,3-6H2,(H,19,21)(H,20,23). The van der Waals surface area contributed by atoms with Crippen molar-refractivity contribution >= 4 is 28.4 Å². The molecule has 128 valence electrons. The minimum atomic E-state index is -4.87. The molecule has 2 amide bonds. The van der Waals surface area contributed by atoms with Gasteiger partial charge in [0.25, 0.3) is 0 Å². The lowest BCUT2D eigenvalue weighted by Gasteiger charge is -2.31. The van der Waals surface area contributed by atoms with Crippen molar-refractivity contribution in [3.63, 3.8) is 0 Å². The second-order valence-corrected chi connectivity index (χ2v) is 5.73. The van der Waals surface area contributed by atoms with E-state index < -0.39 is 18.0 Å². The Kier molecular flexibility index (Phi) is 4.16. The molecular formula is C15H15F3N4O2. The zero-order valence-electron chi connectivity index (χ0n) is 12.6. The Morgan fingerprint density at radius 3 is 2.62 bits per heavy atom. The summed E-state index contributed by atoms with van der Waals surface area (Å²) in [7, 11) is 0. The summed E-state index contributed by atoms with van der Waals surface area (Å²) in [6.07, 6.45) is -2.79. The minimum Gasteiger partial charge on any atom is -0.335 e. The summed E-state index contributed by atoms with van der Waals surface area (Å²) in [5.41, 5.74) is 1.36. The molecule has 0 unspecified atom stereocenters. The lowest BCUT2D eigenvalue weighted by Crippen LogP contribution is -2.46. The average Bonchev–Trinajstić information content (AvgIpc) is 3.01. The van der Waals surface area contributed by atoms with Crippen molar-refractivity contribution in [2.24, 2.45) is 5.92 Å². The van der Waals surface area contributed by atoms with Gasteiger partial charge in [-0.05, 0) is 31.0 Å².